The van der Waals surface area contributed by atoms with Gasteiger partial charge in [-0.1, -0.05) is 23.2 Å². The number of carbonyl (C=O) groups excluding carboxylic acids is 1. The Kier molecular flexibility index (Phi) is 7.19. The van der Waals surface area contributed by atoms with Gasteiger partial charge in [0.1, 0.15) is 0 Å². The molecule has 1 aliphatic heterocycles. The van der Waals surface area contributed by atoms with Gasteiger partial charge in [0, 0.05) is 50.7 Å². The summed E-state index contributed by atoms with van der Waals surface area (Å²) in [5, 5.41) is 0.851. The molecule has 3 rings (SSSR count). The fourth-order valence-electron chi connectivity index (χ4n) is 3.23. The monoisotopic (exact) mass is 409 g/mol. The van der Waals surface area contributed by atoms with Crippen molar-refractivity contribution in [2.45, 2.75) is 13.0 Å². The average Bonchev–Trinajstić information content (AvgIpc) is 3.08. The van der Waals surface area contributed by atoms with Crippen molar-refractivity contribution in [3.63, 3.8) is 0 Å². The third kappa shape index (κ3) is 5.48. The summed E-state index contributed by atoms with van der Waals surface area (Å²) >= 11 is 12.1. The molecule has 146 valence electrons. The molecule has 0 saturated carbocycles. The molecule has 2 heterocycles. The van der Waals surface area contributed by atoms with Crippen LogP contribution in [0.2, 0.25) is 10.0 Å². The van der Waals surface area contributed by atoms with Crippen molar-refractivity contribution in [3.8, 4) is 0 Å². The standard InChI is InChI=1S/C20H25Cl2N3O2/c1-23-7-2-4-17(23)15-25(9-3-8-24-10-12-27-13-11-24)20(26)16-5-6-18(21)19(22)14-16/h2,4-7,14H,3,8-13,15H2,1H3. The van der Waals surface area contributed by atoms with E-state index in [1.165, 1.54) is 0 Å². The zero-order valence-corrected chi connectivity index (χ0v) is 17.0. The largest absolute Gasteiger partial charge is 0.379 e. The maximum Gasteiger partial charge on any atom is 0.254 e. The molecule has 1 fully saturated rings. The van der Waals surface area contributed by atoms with Crippen molar-refractivity contribution in [1.29, 1.82) is 0 Å². The predicted molar refractivity (Wildman–Crippen MR) is 108 cm³/mol. The summed E-state index contributed by atoms with van der Waals surface area (Å²) in [6, 6.07) is 9.08. The second-order valence-electron chi connectivity index (χ2n) is 6.77. The lowest BCUT2D eigenvalue weighted by atomic mass is 10.2. The minimum Gasteiger partial charge on any atom is -0.379 e. The van der Waals surface area contributed by atoms with Crippen molar-refractivity contribution in [1.82, 2.24) is 14.4 Å². The first-order valence-electron chi connectivity index (χ1n) is 9.19. The van der Waals surface area contributed by atoms with Crippen LogP contribution in [-0.2, 0) is 18.3 Å². The molecule has 5 nitrogen and oxygen atoms in total. The molecular formula is C20H25Cl2N3O2. The first-order valence-corrected chi connectivity index (χ1v) is 9.95. The van der Waals surface area contributed by atoms with Crippen LogP contribution in [0.15, 0.2) is 36.5 Å². The summed E-state index contributed by atoms with van der Waals surface area (Å²) in [6.07, 6.45) is 2.91. The van der Waals surface area contributed by atoms with Gasteiger partial charge in [-0.2, -0.15) is 0 Å². The lowest BCUT2D eigenvalue weighted by Crippen LogP contribution is -2.39. The molecule has 0 radical (unpaired) electrons. The highest BCUT2D eigenvalue weighted by atomic mass is 35.5. The maximum atomic E-state index is 13.1. The molecule has 0 unspecified atom stereocenters. The summed E-state index contributed by atoms with van der Waals surface area (Å²) in [6.45, 7) is 5.69. The summed E-state index contributed by atoms with van der Waals surface area (Å²) in [7, 11) is 1.99. The highest BCUT2D eigenvalue weighted by Crippen LogP contribution is 2.23. The Bertz CT molecular complexity index is 772. The van der Waals surface area contributed by atoms with E-state index in [-0.39, 0.29) is 5.91 Å². The number of rotatable bonds is 7. The van der Waals surface area contributed by atoms with Crippen molar-refractivity contribution in [2.24, 2.45) is 7.05 Å². The number of hydrogen-bond acceptors (Lipinski definition) is 3. The van der Waals surface area contributed by atoms with Crippen LogP contribution >= 0.6 is 23.2 Å². The van der Waals surface area contributed by atoms with Crippen LogP contribution in [0.1, 0.15) is 22.5 Å². The average molecular weight is 410 g/mol. The van der Waals surface area contributed by atoms with Gasteiger partial charge in [0.05, 0.1) is 29.8 Å². The Balaban J connectivity index is 1.69. The minimum atomic E-state index is -0.0308. The molecule has 1 aliphatic rings. The van der Waals surface area contributed by atoms with Crippen LogP contribution < -0.4 is 0 Å². The summed E-state index contributed by atoms with van der Waals surface area (Å²) in [4.78, 5) is 17.4. The van der Waals surface area contributed by atoms with Gasteiger partial charge in [-0.15, -0.1) is 0 Å². The molecule has 1 aromatic heterocycles. The van der Waals surface area contributed by atoms with E-state index in [9.17, 15) is 4.79 Å². The lowest BCUT2D eigenvalue weighted by molar-refractivity contribution is 0.0355. The van der Waals surface area contributed by atoms with Crippen LogP contribution in [0.5, 0.6) is 0 Å². The number of amides is 1. The Morgan fingerprint density at radius 1 is 1.19 bits per heavy atom. The van der Waals surface area contributed by atoms with E-state index in [4.69, 9.17) is 27.9 Å². The molecule has 0 bridgehead atoms. The van der Waals surface area contributed by atoms with Crippen molar-refractivity contribution in [2.75, 3.05) is 39.4 Å². The molecule has 0 spiro atoms. The lowest BCUT2D eigenvalue weighted by Gasteiger charge is -2.28. The Morgan fingerprint density at radius 2 is 1.96 bits per heavy atom. The molecule has 1 amide bonds. The fourth-order valence-corrected chi connectivity index (χ4v) is 3.53. The number of carbonyl (C=O) groups is 1. The second-order valence-corrected chi connectivity index (χ2v) is 7.59. The number of benzene rings is 1. The van der Waals surface area contributed by atoms with E-state index in [0.717, 1.165) is 45.0 Å². The Morgan fingerprint density at radius 3 is 2.63 bits per heavy atom. The molecule has 2 aromatic rings. The smallest absolute Gasteiger partial charge is 0.254 e. The third-order valence-corrected chi connectivity index (χ3v) is 5.60. The van der Waals surface area contributed by atoms with Gasteiger partial charge >= 0.3 is 0 Å². The molecule has 0 N–H and O–H groups in total. The van der Waals surface area contributed by atoms with Crippen LogP contribution in [0.25, 0.3) is 0 Å². The molecule has 1 aromatic carbocycles. The van der Waals surface area contributed by atoms with Crippen LogP contribution in [0.3, 0.4) is 0 Å². The van der Waals surface area contributed by atoms with Gasteiger partial charge < -0.3 is 14.2 Å². The van der Waals surface area contributed by atoms with Gasteiger partial charge in [-0.25, -0.2) is 0 Å². The number of hydrogen-bond donors (Lipinski definition) is 0. The number of ether oxygens (including phenoxy) is 1. The summed E-state index contributed by atoms with van der Waals surface area (Å²) < 4.78 is 7.43. The third-order valence-electron chi connectivity index (χ3n) is 4.86. The second kappa shape index (κ2) is 9.60. The van der Waals surface area contributed by atoms with E-state index in [2.05, 4.69) is 4.90 Å². The van der Waals surface area contributed by atoms with E-state index < -0.39 is 0 Å². The summed E-state index contributed by atoms with van der Waals surface area (Å²) in [5.74, 6) is -0.0308. The van der Waals surface area contributed by atoms with E-state index >= 15 is 0 Å². The minimum absolute atomic E-state index is 0.0308. The van der Waals surface area contributed by atoms with Crippen LogP contribution in [-0.4, -0.2) is 59.7 Å². The van der Waals surface area contributed by atoms with Crippen molar-refractivity contribution in [3.05, 3.63) is 57.8 Å². The van der Waals surface area contributed by atoms with Gasteiger partial charge in [-0.05, 0) is 36.8 Å². The van der Waals surface area contributed by atoms with Gasteiger partial charge in [0.2, 0.25) is 0 Å². The number of aryl methyl sites for hydroxylation is 1. The predicted octanol–water partition coefficient (Wildman–Crippen LogP) is 3.70. The van der Waals surface area contributed by atoms with E-state index in [1.54, 1.807) is 18.2 Å². The zero-order chi connectivity index (χ0) is 19.2. The maximum absolute atomic E-state index is 13.1. The quantitative estimate of drug-likeness (QED) is 0.699. The molecular weight excluding hydrogens is 385 g/mol. The van der Waals surface area contributed by atoms with Gasteiger partial charge in [0.25, 0.3) is 5.91 Å². The highest BCUT2D eigenvalue weighted by Gasteiger charge is 2.19. The number of halogens is 2. The Hall–Kier alpha value is -1.53. The number of aromatic nitrogens is 1. The van der Waals surface area contributed by atoms with Crippen molar-refractivity contribution >= 4 is 29.1 Å². The van der Waals surface area contributed by atoms with Crippen LogP contribution in [0, 0.1) is 0 Å². The molecule has 0 atom stereocenters. The zero-order valence-electron chi connectivity index (χ0n) is 15.5. The van der Waals surface area contributed by atoms with Gasteiger partial charge in [0.15, 0.2) is 0 Å². The molecule has 7 heteroatoms. The normalized spacial score (nSPS) is 15.1. The van der Waals surface area contributed by atoms with E-state index in [0.29, 0.717) is 28.7 Å². The Labute approximate surface area is 170 Å². The number of nitrogens with zero attached hydrogens (tertiary/aromatic N) is 3. The molecule has 0 aliphatic carbocycles. The first-order chi connectivity index (χ1) is 13.0. The fraction of sp³-hybridized carbons (Fsp3) is 0.450. The number of morpholine rings is 1. The van der Waals surface area contributed by atoms with E-state index in [1.807, 2.05) is 34.8 Å². The van der Waals surface area contributed by atoms with Gasteiger partial charge in [-0.3, -0.25) is 9.69 Å². The molecule has 1 saturated heterocycles. The first kappa shape index (κ1) is 20.2. The van der Waals surface area contributed by atoms with Crippen LogP contribution in [0.4, 0.5) is 0 Å². The topological polar surface area (TPSA) is 37.7 Å². The molecule has 27 heavy (non-hydrogen) atoms. The van der Waals surface area contributed by atoms with Crippen molar-refractivity contribution < 1.29 is 9.53 Å². The SMILES string of the molecule is Cn1cccc1CN(CCCN1CCOCC1)C(=O)c1ccc(Cl)c(Cl)c1. The summed E-state index contributed by atoms with van der Waals surface area (Å²) in [5.41, 5.74) is 1.65. The highest BCUT2D eigenvalue weighted by molar-refractivity contribution is 6.42.